The maximum absolute atomic E-state index is 5.11. The molecule has 0 spiro atoms. The zero-order chi connectivity index (χ0) is 36.7. The Morgan fingerprint density at radius 3 is 1.48 bits per heavy atom. The van der Waals surface area contributed by atoms with Gasteiger partial charge in [-0.05, 0) is 106 Å². The molecule has 2 aromatic heterocycles. The lowest BCUT2D eigenvalue weighted by Crippen LogP contribution is -1.96. The Balaban J connectivity index is 1.06. The first-order valence-corrected chi connectivity index (χ1v) is 19.1. The number of benzene rings is 9. The van der Waals surface area contributed by atoms with Crippen molar-refractivity contribution in [2.24, 2.45) is 0 Å². The second-order valence-electron chi connectivity index (χ2n) is 14.8. The maximum atomic E-state index is 5.11. The summed E-state index contributed by atoms with van der Waals surface area (Å²) in [7, 11) is 0. The Labute approximate surface area is 322 Å². The molecule has 12 rings (SSSR count). The first kappa shape index (κ1) is 30.9. The molecule has 0 aliphatic carbocycles. The second kappa shape index (κ2) is 12.0. The number of hydrogen-bond donors (Lipinski definition) is 0. The van der Waals surface area contributed by atoms with Crippen LogP contribution in [0.2, 0.25) is 0 Å². The van der Waals surface area contributed by atoms with Crippen LogP contribution >= 0.6 is 0 Å². The van der Waals surface area contributed by atoms with Crippen LogP contribution in [0.1, 0.15) is 0 Å². The van der Waals surface area contributed by atoms with Gasteiger partial charge >= 0.3 is 0 Å². The molecule has 0 atom stereocenters. The van der Waals surface area contributed by atoms with E-state index in [0.717, 1.165) is 44.5 Å². The summed E-state index contributed by atoms with van der Waals surface area (Å²) >= 11 is 0. The summed E-state index contributed by atoms with van der Waals surface area (Å²) in [4.78, 5) is 14.9. The van der Waals surface area contributed by atoms with Gasteiger partial charge < -0.3 is 0 Å². The molecule has 0 unspecified atom stereocenters. The minimum Gasteiger partial charge on any atom is -0.256 e. The average Bonchev–Trinajstić information content (AvgIpc) is 3.27. The quantitative estimate of drug-likeness (QED) is 0.171. The van der Waals surface area contributed by atoms with Gasteiger partial charge in [-0.1, -0.05) is 152 Å². The second-order valence-corrected chi connectivity index (χ2v) is 14.8. The summed E-state index contributed by atoms with van der Waals surface area (Å²) in [6.07, 6.45) is 1.91. The smallest absolute Gasteiger partial charge is 0.160 e. The number of pyridine rings is 1. The number of hydrogen-bond acceptors (Lipinski definition) is 3. The van der Waals surface area contributed by atoms with Gasteiger partial charge in [-0.25, -0.2) is 9.97 Å². The van der Waals surface area contributed by atoms with Gasteiger partial charge in [0.1, 0.15) is 0 Å². The van der Waals surface area contributed by atoms with Gasteiger partial charge in [0, 0.05) is 28.3 Å². The molecule has 0 radical (unpaired) electrons. The third-order valence-corrected chi connectivity index (χ3v) is 11.6. The van der Waals surface area contributed by atoms with Crippen LogP contribution in [0.5, 0.6) is 0 Å². The summed E-state index contributed by atoms with van der Waals surface area (Å²) in [5.74, 6) is 0.688. The van der Waals surface area contributed by atoms with Crippen molar-refractivity contribution in [2.45, 2.75) is 0 Å². The van der Waals surface area contributed by atoms with Gasteiger partial charge in [-0.3, -0.25) is 4.98 Å². The average molecular weight is 710 g/mol. The standard InChI is InChI=1S/C53H31N3/c1-2-9-37(10-3-1)53-55-47(30-48(56-53)41-27-38-11-4-5-18-46(38)54-31-41)33-21-19-32(20-22-33)40-28-39-26-25-36-13-7-16-43-42-15-6-12-34-23-24-35-14-8-17-44(51(35)49(34)42)45(29-40)52(39)50(36)43/h1-31H. The van der Waals surface area contributed by atoms with Crippen molar-refractivity contribution in [3.05, 3.63) is 188 Å². The van der Waals surface area contributed by atoms with Crippen LogP contribution in [0.4, 0.5) is 0 Å². The van der Waals surface area contributed by atoms with E-state index in [1.54, 1.807) is 0 Å². The van der Waals surface area contributed by atoms with E-state index in [4.69, 9.17) is 15.0 Å². The molecule has 0 aliphatic heterocycles. The lowest BCUT2D eigenvalue weighted by atomic mass is 9.86. The van der Waals surface area contributed by atoms with E-state index < -0.39 is 0 Å². The molecule has 0 N–H and O–H groups in total. The minimum absolute atomic E-state index is 0.688. The molecule has 0 saturated heterocycles. The highest BCUT2D eigenvalue weighted by atomic mass is 14.9. The maximum Gasteiger partial charge on any atom is 0.160 e. The highest BCUT2D eigenvalue weighted by molar-refractivity contribution is 6.37. The topological polar surface area (TPSA) is 38.7 Å². The van der Waals surface area contributed by atoms with Crippen LogP contribution in [0, 0.1) is 0 Å². The van der Waals surface area contributed by atoms with E-state index in [1.807, 2.05) is 42.6 Å². The predicted octanol–water partition coefficient (Wildman–Crippen LogP) is 14.0. The molecule has 258 valence electrons. The predicted molar refractivity (Wildman–Crippen MR) is 235 cm³/mol. The molecule has 3 heteroatoms. The highest BCUT2D eigenvalue weighted by Crippen LogP contribution is 2.44. The van der Waals surface area contributed by atoms with Crippen molar-refractivity contribution in [1.29, 1.82) is 0 Å². The fourth-order valence-electron chi connectivity index (χ4n) is 8.95. The molecule has 12 aromatic rings. The SMILES string of the molecule is c1ccc(-c2nc(-c3ccc(-c4cc5ccc6cccc7c8cccc9ccc%10cccc(c(c4)c5c67)c%10c98)cc3)cc(-c3cnc4ccccc4c3)n2)cc1. The lowest BCUT2D eigenvalue weighted by molar-refractivity contribution is 1.18. The Morgan fingerprint density at radius 1 is 0.286 bits per heavy atom. The molecule has 0 saturated carbocycles. The lowest BCUT2D eigenvalue weighted by Gasteiger charge is -2.17. The van der Waals surface area contributed by atoms with Crippen molar-refractivity contribution < 1.29 is 0 Å². The third kappa shape index (κ3) is 4.74. The van der Waals surface area contributed by atoms with Crippen molar-refractivity contribution >= 4 is 75.5 Å². The molecule has 0 aliphatic rings. The summed E-state index contributed by atoms with van der Waals surface area (Å²) in [5, 5.41) is 16.5. The van der Waals surface area contributed by atoms with E-state index in [-0.39, 0.29) is 0 Å². The van der Waals surface area contributed by atoms with Crippen LogP contribution in [0.15, 0.2) is 188 Å². The Bertz CT molecular complexity index is 3510. The van der Waals surface area contributed by atoms with Crippen LogP contribution in [-0.2, 0) is 0 Å². The first-order chi connectivity index (χ1) is 27.7. The van der Waals surface area contributed by atoms with Gasteiger partial charge in [0.05, 0.1) is 16.9 Å². The number of fused-ring (bicyclic) bond motifs is 3. The largest absolute Gasteiger partial charge is 0.256 e. The van der Waals surface area contributed by atoms with Crippen LogP contribution in [0.3, 0.4) is 0 Å². The third-order valence-electron chi connectivity index (χ3n) is 11.6. The molecule has 3 nitrogen and oxygen atoms in total. The van der Waals surface area contributed by atoms with Gasteiger partial charge in [-0.15, -0.1) is 0 Å². The molecule has 2 heterocycles. The normalized spacial score (nSPS) is 11.9. The monoisotopic (exact) mass is 709 g/mol. The van der Waals surface area contributed by atoms with Crippen LogP contribution < -0.4 is 0 Å². The molecular formula is C53H31N3. The van der Waals surface area contributed by atoms with E-state index in [2.05, 4.69) is 146 Å². The fraction of sp³-hybridized carbons (Fsp3) is 0. The van der Waals surface area contributed by atoms with Gasteiger partial charge in [-0.2, -0.15) is 0 Å². The van der Waals surface area contributed by atoms with Crippen molar-refractivity contribution in [3.63, 3.8) is 0 Å². The Kier molecular flexibility index (Phi) is 6.63. The van der Waals surface area contributed by atoms with Crippen LogP contribution in [0.25, 0.3) is 121 Å². The van der Waals surface area contributed by atoms with Crippen molar-refractivity contribution in [1.82, 2.24) is 15.0 Å². The number of rotatable bonds is 4. The number of nitrogens with zero attached hydrogens (tertiary/aromatic N) is 3. The van der Waals surface area contributed by atoms with Gasteiger partial charge in [0.15, 0.2) is 5.82 Å². The van der Waals surface area contributed by atoms with Crippen molar-refractivity contribution in [2.75, 3.05) is 0 Å². The molecule has 10 aromatic carbocycles. The van der Waals surface area contributed by atoms with Crippen LogP contribution in [-0.4, -0.2) is 15.0 Å². The summed E-state index contributed by atoms with van der Waals surface area (Å²) in [6, 6.07) is 65.7. The fourth-order valence-corrected chi connectivity index (χ4v) is 8.95. The summed E-state index contributed by atoms with van der Waals surface area (Å²) in [6.45, 7) is 0. The number of para-hydroxylation sites is 1. The Hall–Kier alpha value is -7.49. The first-order valence-electron chi connectivity index (χ1n) is 19.1. The van der Waals surface area contributed by atoms with Gasteiger partial charge in [0.2, 0.25) is 0 Å². The Morgan fingerprint density at radius 2 is 0.804 bits per heavy atom. The zero-order valence-corrected chi connectivity index (χ0v) is 30.2. The van der Waals surface area contributed by atoms with E-state index >= 15 is 0 Å². The van der Waals surface area contributed by atoms with Gasteiger partial charge in [0.25, 0.3) is 0 Å². The molecule has 56 heavy (non-hydrogen) atoms. The van der Waals surface area contributed by atoms with E-state index in [0.29, 0.717) is 5.82 Å². The van der Waals surface area contributed by atoms with Crippen molar-refractivity contribution in [3.8, 4) is 45.0 Å². The molecule has 0 bridgehead atoms. The molecule has 0 fully saturated rings. The van der Waals surface area contributed by atoms with E-state index in [1.165, 1.54) is 70.2 Å². The minimum atomic E-state index is 0.688. The summed E-state index contributed by atoms with van der Waals surface area (Å²) < 4.78 is 0. The highest BCUT2D eigenvalue weighted by Gasteiger charge is 2.17. The molecular weight excluding hydrogens is 679 g/mol. The zero-order valence-electron chi connectivity index (χ0n) is 30.2. The molecule has 0 amide bonds. The summed E-state index contributed by atoms with van der Waals surface area (Å²) in [5.41, 5.74) is 7.98. The number of aromatic nitrogens is 3. The van der Waals surface area contributed by atoms with E-state index in [9.17, 15) is 0 Å².